The van der Waals surface area contributed by atoms with Crippen LogP contribution in [0.15, 0.2) is 58.3 Å². The predicted octanol–water partition coefficient (Wildman–Crippen LogP) is 1.83. The van der Waals surface area contributed by atoms with E-state index in [9.17, 15) is 21.2 Å². The Morgan fingerprint density at radius 1 is 0.769 bits per heavy atom. The van der Waals surface area contributed by atoms with Crippen molar-refractivity contribution < 1.29 is 21.2 Å². The molecule has 0 N–H and O–H groups in total. The molecule has 2 aromatic carbocycles. The van der Waals surface area contributed by atoms with E-state index >= 15 is 0 Å². The molecule has 1 aliphatic heterocycles. The van der Waals surface area contributed by atoms with Gasteiger partial charge in [0.05, 0.1) is 4.90 Å². The van der Waals surface area contributed by atoms with Crippen LogP contribution >= 0.6 is 0 Å². The molecule has 0 saturated carbocycles. The molecule has 0 bridgehead atoms. The van der Waals surface area contributed by atoms with E-state index in [0.29, 0.717) is 0 Å². The van der Waals surface area contributed by atoms with Crippen molar-refractivity contribution in [2.45, 2.75) is 16.7 Å². The van der Waals surface area contributed by atoms with E-state index in [4.69, 9.17) is 0 Å². The minimum Gasteiger partial charge on any atom is -0.207 e. The van der Waals surface area contributed by atoms with Crippen LogP contribution in [0.25, 0.3) is 0 Å². The van der Waals surface area contributed by atoms with Gasteiger partial charge in [-0.05, 0) is 31.2 Å². The molecule has 6 nitrogen and oxygen atoms in total. The Morgan fingerprint density at radius 2 is 1.27 bits per heavy atom. The summed E-state index contributed by atoms with van der Waals surface area (Å²) in [5.74, 6) is -0.817. The molecule has 26 heavy (non-hydrogen) atoms. The highest BCUT2D eigenvalue weighted by atomic mass is 32.2. The Hall–Kier alpha value is -1.81. The summed E-state index contributed by atoms with van der Waals surface area (Å²) in [6.45, 7) is 1.85. The molecule has 0 aromatic heterocycles. The fraction of sp³-hybridized carbons (Fsp3) is 0.294. The van der Waals surface area contributed by atoms with E-state index in [2.05, 4.69) is 0 Å². The summed E-state index contributed by atoms with van der Waals surface area (Å²) < 4.78 is 66.8. The summed E-state index contributed by atoms with van der Waals surface area (Å²) in [7, 11) is -7.68. The molecule has 1 saturated heterocycles. The van der Waals surface area contributed by atoms with Gasteiger partial charge in [0.15, 0.2) is 0 Å². The maximum absolute atomic E-state index is 13.8. The van der Waals surface area contributed by atoms with Crippen LogP contribution in [0.3, 0.4) is 0 Å². The van der Waals surface area contributed by atoms with Gasteiger partial charge in [-0.2, -0.15) is 8.61 Å². The Morgan fingerprint density at radius 3 is 1.81 bits per heavy atom. The predicted molar refractivity (Wildman–Crippen MR) is 95.1 cm³/mol. The minimum atomic E-state index is -4.00. The highest BCUT2D eigenvalue weighted by molar-refractivity contribution is 7.89. The molecule has 0 radical (unpaired) electrons. The fourth-order valence-electron chi connectivity index (χ4n) is 2.80. The molecule has 0 amide bonds. The van der Waals surface area contributed by atoms with Crippen molar-refractivity contribution in [3.05, 3.63) is 59.9 Å². The number of piperazine rings is 1. The summed E-state index contributed by atoms with van der Waals surface area (Å²) in [5, 5.41) is 0. The molecular formula is C17H19FN2O4S2. The average molecular weight is 398 g/mol. The van der Waals surface area contributed by atoms with Gasteiger partial charge in [0.25, 0.3) is 0 Å². The molecule has 140 valence electrons. The van der Waals surface area contributed by atoms with Crippen molar-refractivity contribution in [3.8, 4) is 0 Å². The summed E-state index contributed by atoms with van der Waals surface area (Å²) in [5.41, 5.74) is 0.949. The molecule has 2 aromatic rings. The average Bonchev–Trinajstić information content (AvgIpc) is 2.62. The number of aryl methyl sites for hydroxylation is 1. The Kier molecular flexibility index (Phi) is 5.16. The van der Waals surface area contributed by atoms with Crippen LogP contribution in [0.4, 0.5) is 4.39 Å². The summed E-state index contributed by atoms with van der Waals surface area (Å²) >= 11 is 0. The molecule has 1 aliphatic rings. The molecule has 0 unspecified atom stereocenters. The standard InChI is InChI=1S/C17H19FN2O4S2/c1-14-6-8-15(9-7-14)25(21,22)19-10-12-20(13-11-19)26(23,24)17-5-3-2-4-16(17)18/h2-9H,10-13H2,1H3. The SMILES string of the molecule is Cc1ccc(S(=O)(=O)N2CCN(S(=O)(=O)c3ccccc3F)CC2)cc1. The molecule has 0 spiro atoms. The van der Waals surface area contributed by atoms with Crippen molar-refractivity contribution in [2.24, 2.45) is 0 Å². The molecule has 9 heteroatoms. The molecule has 0 aliphatic carbocycles. The van der Waals surface area contributed by atoms with Gasteiger partial charge in [-0.25, -0.2) is 21.2 Å². The van der Waals surface area contributed by atoms with Crippen LogP contribution in [0.5, 0.6) is 0 Å². The first-order chi connectivity index (χ1) is 12.2. The second-order valence-corrected chi connectivity index (χ2v) is 9.90. The van der Waals surface area contributed by atoms with Crippen LogP contribution in [0.2, 0.25) is 0 Å². The van der Waals surface area contributed by atoms with Crippen molar-refractivity contribution in [1.82, 2.24) is 8.61 Å². The number of nitrogens with zero attached hydrogens (tertiary/aromatic N) is 2. The number of hydrogen-bond acceptors (Lipinski definition) is 4. The van der Waals surface area contributed by atoms with E-state index in [-0.39, 0.29) is 31.1 Å². The van der Waals surface area contributed by atoms with Crippen LogP contribution in [-0.2, 0) is 20.0 Å². The lowest BCUT2D eigenvalue weighted by Crippen LogP contribution is -2.50. The first kappa shape index (κ1) is 19.0. The normalized spacial score (nSPS) is 17.3. The van der Waals surface area contributed by atoms with E-state index in [1.165, 1.54) is 34.6 Å². The van der Waals surface area contributed by atoms with Crippen LogP contribution in [0, 0.1) is 12.7 Å². The third-order valence-electron chi connectivity index (χ3n) is 4.31. The van der Waals surface area contributed by atoms with E-state index < -0.39 is 30.8 Å². The van der Waals surface area contributed by atoms with Gasteiger partial charge < -0.3 is 0 Å². The lowest BCUT2D eigenvalue weighted by Gasteiger charge is -2.33. The smallest absolute Gasteiger partial charge is 0.207 e. The largest absolute Gasteiger partial charge is 0.246 e. The van der Waals surface area contributed by atoms with Crippen molar-refractivity contribution in [2.75, 3.05) is 26.2 Å². The molecule has 0 atom stereocenters. The van der Waals surface area contributed by atoms with Crippen molar-refractivity contribution in [3.63, 3.8) is 0 Å². The summed E-state index contributed by atoms with van der Waals surface area (Å²) in [4.78, 5) is -0.219. The zero-order valence-electron chi connectivity index (χ0n) is 14.2. The second-order valence-electron chi connectivity index (χ2n) is 6.05. The number of halogens is 1. The van der Waals surface area contributed by atoms with Crippen molar-refractivity contribution >= 4 is 20.0 Å². The lowest BCUT2D eigenvalue weighted by atomic mass is 10.2. The zero-order valence-corrected chi connectivity index (χ0v) is 15.8. The number of benzene rings is 2. The first-order valence-corrected chi connectivity index (χ1v) is 10.9. The Labute approximate surface area is 153 Å². The summed E-state index contributed by atoms with van der Waals surface area (Å²) in [6, 6.07) is 11.7. The fourth-order valence-corrected chi connectivity index (χ4v) is 5.71. The van der Waals surface area contributed by atoms with Gasteiger partial charge in [-0.3, -0.25) is 0 Å². The molecule has 1 fully saturated rings. The summed E-state index contributed by atoms with van der Waals surface area (Å²) in [6.07, 6.45) is 0. The van der Waals surface area contributed by atoms with Gasteiger partial charge in [0.2, 0.25) is 20.0 Å². The lowest BCUT2D eigenvalue weighted by molar-refractivity contribution is 0.272. The van der Waals surface area contributed by atoms with E-state index in [1.54, 1.807) is 12.1 Å². The number of hydrogen-bond donors (Lipinski definition) is 0. The van der Waals surface area contributed by atoms with Gasteiger partial charge in [0.1, 0.15) is 10.7 Å². The van der Waals surface area contributed by atoms with Crippen LogP contribution in [-0.4, -0.2) is 51.6 Å². The van der Waals surface area contributed by atoms with Crippen LogP contribution in [0.1, 0.15) is 5.56 Å². The van der Waals surface area contributed by atoms with Gasteiger partial charge in [0, 0.05) is 26.2 Å². The van der Waals surface area contributed by atoms with Crippen LogP contribution < -0.4 is 0 Å². The number of rotatable bonds is 4. The molecular weight excluding hydrogens is 379 g/mol. The highest BCUT2D eigenvalue weighted by Gasteiger charge is 2.34. The monoisotopic (exact) mass is 398 g/mol. The Balaban J connectivity index is 1.77. The molecule has 1 heterocycles. The third-order valence-corrected chi connectivity index (χ3v) is 8.16. The topological polar surface area (TPSA) is 74.8 Å². The van der Waals surface area contributed by atoms with E-state index in [0.717, 1.165) is 15.9 Å². The zero-order chi connectivity index (χ0) is 18.9. The maximum Gasteiger partial charge on any atom is 0.246 e. The van der Waals surface area contributed by atoms with E-state index in [1.807, 2.05) is 6.92 Å². The van der Waals surface area contributed by atoms with Gasteiger partial charge in [-0.15, -0.1) is 0 Å². The maximum atomic E-state index is 13.8. The Bertz CT molecular complexity index is 997. The molecule has 3 rings (SSSR count). The first-order valence-electron chi connectivity index (χ1n) is 8.04. The second kappa shape index (κ2) is 7.07. The minimum absolute atomic E-state index is 0.0178. The third kappa shape index (κ3) is 3.52. The van der Waals surface area contributed by atoms with Gasteiger partial charge in [-0.1, -0.05) is 29.8 Å². The van der Waals surface area contributed by atoms with Gasteiger partial charge >= 0.3 is 0 Å². The quantitative estimate of drug-likeness (QED) is 0.788. The highest BCUT2D eigenvalue weighted by Crippen LogP contribution is 2.23. The van der Waals surface area contributed by atoms with Crippen molar-refractivity contribution in [1.29, 1.82) is 0 Å². The number of sulfonamides is 2.